The van der Waals surface area contributed by atoms with Crippen molar-refractivity contribution in [3.8, 4) is 0 Å². The van der Waals surface area contributed by atoms with Crippen LogP contribution in [0, 0.1) is 0 Å². The molecule has 0 bridgehead atoms. The molecule has 1 saturated heterocycles. The summed E-state index contributed by atoms with van der Waals surface area (Å²) in [6.07, 6.45) is 3.56. The van der Waals surface area contributed by atoms with Gasteiger partial charge in [0.15, 0.2) is 0 Å². The highest BCUT2D eigenvalue weighted by atomic mass is 16.6. The molecule has 0 spiro atoms. The van der Waals surface area contributed by atoms with E-state index < -0.39 is 0 Å². The van der Waals surface area contributed by atoms with E-state index in [0.29, 0.717) is 6.61 Å². The van der Waals surface area contributed by atoms with Gasteiger partial charge in [-0.1, -0.05) is 48.5 Å². The summed E-state index contributed by atoms with van der Waals surface area (Å²) in [4.78, 5) is 18.9. The summed E-state index contributed by atoms with van der Waals surface area (Å²) >= 11 is 0. The summed E-state index contributed by atoms with van der Waals surface area (Å²) in [5.41, 5.74) is 3.05. The highest BCUT2D eigenvalue weighted by molar-refractivity contribution is 5.79. The molecule has 0 unspecified atom stereocenters. The number of pyridine rings is 1. The molecule has 1 atom stereocenters. The number of rotatable bonds is 3. The lowest BCUT2D eigenvalue weighted by Gasteiger charge is -2.24. The second kappa shape index (κ2) is 6.93. The molecule has 2 aromatic carbocycles. The maximum Gasteiger partial charge on any atom is 0.410 e. The summed E-state index contributed by atoms with van der Waals surface area (Å²) in [6.45, 7) is 1.03. The van der Waals surface area contributed by atoms with Crippen molar-refractivity contribution in [2.75, 3.05) is 6.54 Å². The lowest BCUT2D eigenvalue weighted by Crippen LogP contribution is -2.31. The largest absolute Gasteiger partial charge is 0.445 e. The predicted molar refractivity (Wildman–Crippen MR) is 97.1 cm³/mol. The van der Waals surface area contributed by atoms with Gasteiger partial charge in [0.1, 0.15) is 6.61 Å². The number of para-hydroxylation sites is 1. The fourth-order valence-corrected chi connectivity index (χ4v) is 3.40. The van der Waals surface area contributed by atoms with Crippen LogP contribution in [0.4, 0.5) is 4.79 Å². The van der Waals surface area contributed by atoms with Crippen LogP contribution in [0.1, 0.15) is 30.0 Å². The van der Waals surface area contributed by atoms with E-state index in [1.165, 1.54) is 0 Å². The van der Waals surface area contributed by atoms with Crippen molar-refractivity contribution in [2.24, 2.45) is 0 Å². The van der Waals surface area contributed by atoms with E-state index in [2.05, 4.69) is 17.1 Å². The van der Waals surface area contributed by atoms with Gasteiger partial charge in [-0.15, -0.1) is 0 Å². The molecule has 1 aliphatic heterocycles. The quantitative estimate of drug-likeness (QED) is 0.697. The van der Waals surface area contributed by atoms with Crippen LogP contribution in [0.15, 0.2) is 66.9 Å². The number of hydrogen-bond acceptors (Lipinski definition) is 3. The lowest BCUT2D eigenvalue weighted by molar-refractivity contribution is 0.0920. The van der Waals surface area contributed by atoms with Crippen molar-refractivity contribution in [1.82, 2.24) is 9.88 Å². The molecule has 4 rings (SSSR count). The Labute approximate surface area is 147 Å². The fourth-order valence-electron chi connectivity index (χ4n) is 3.40. The summed E-state index contributed by atoms with van der Waals surface area (Å²) < 4.78 is 5.52. The molecule has 4 nitrogen and oxygen atoms in total. The Morgan fingerprint density at radius 2 is 1.92 bits per heavy atom. The first kappa shape index (κ1) is 15.6. The zero-order chi connectivity index (χ0) is 17.1. The molecule has 126 valence electrons. The zero-order valence-electron chi connectivity index (χ0n) is 14.0. The van der Waals surface area contributed by atoms with Gasteiger partial charge in [0.2, 0.25) is 0 Å². The van der Waals surface area contributed by atoms with Crippen LogP contribution in [0.5, 0.6) is 0 Å². The number of nitrogens with zero attached hydrogens (tertiary/aromatic N) is 2. The van der Waals surface area contributed by atoms with E-state index in [9.17, 15) is 4.79 Å². The highest BCUT2D eigenvalue weighted by Crippen LogP contribution is 2.33. The van der Waals surface area contributed by atoms with Crippen LogP contribution < -0.4 is 0 Å². The van der Waals surface area contributed by atoms with E-state index >= 15 is 0 Å². The Bertz CT molecular complexity index is 879. The Morgan fingerprint density at radius 3 is 2.80 bits per heavy atom. The third kappa shape index (κ3) is 3.33. The number of benzene rings is 2. The number of hydrogen-bond donors (Lipinski definition) is 0. The van der Waals surface area contributed by atoms with Gasteiger partial charge in [-0.3, -0.25) is 4.98 Å². The van der Waals surface area contributed by atoms with Crippen LogP contribution in [-0.2, 0) is 11.3 Å². The SMILES string of the molecule is O=C(OCc1ccccc1)N1CCC[C@@H]1c1cnc2ccccc2c1. The van der Waals surface area contributed by atoms with Gasteiger partial charge >= 0.3 is 6.09 Å². The van der Waals surface area contributed by atoms with Gasteiger partial charge in [0.25, 0.3) is 0 Å². The smallest absolute Gasteiger partial charge is 0.410 e. The van der Waals surface area contributed by atoms with Gasteiger partial charge in [0, 0.05) is 18.1 Å². The molecule has 0 N–H and O–H groups in total. The first-order valence-electron chi connectivity index (χ1n) is 8.63. The summed E-state index contributed by atoms with van der Waals surface area (Å²) in [6, 6.07) is 20.0. The van der Waals surface area contributed by atoms with Crippen molar-refractivity contribution in [3.05, 3.63) is 78.0 Å². The number of fused-ring (bicyclic) bond motifs is 1. The Kier molecular flexibility index (Phi) is 4.34. The number of amides is 1. The van der Waals surface area contributed by atoms with Gasteiger partial charge in [-0.25, -0.2) is 4.79 Å². The third-order valence-corrected chi connectivity index (χ3v) is 4.69. The molecule has 1 amide bonds. The van der Waals surface area contributed by atoms with Crippen LogP contribution in [0.2, 0.25) is 0 Å². The van der Waals surface area contributed by atoms with Crippen molar-refractivity contribution in [2.45, 2.75) is 25.5 Å². The van der Waals surface area contributed by atoms with Gasteiger partial charge in [-0.05, 0) is 36.1 Å². The minimum absolute atomic E-state index is 0.0420. The average Bonchev–Trinajstić information content (AvgIpc) is 3.16. The molecule has 25 heavy (non-hydrogen) atoms. The van der Waals surface area contributed by atoms with Crippen molar-refractivity contribution in [1.29, 1.82) is 0 Å². The second-order valence-electron chi connectivity index (χ2n) is 6.35. The van der Waals surface area contributed by atoms with Gasteiger partial charge in [-0.2, -0.15) is 0 Å². The van der Waals surface area contributed by atoms with Crippen LogP contribution in [0.3, 0.4) is 0 Å². The summed E-state index contributed by atoms with van der Waals surface area (Å²) in [5.74, 6) is 0. The number of aromatic nitrogens is 1. The zero-order valence-corrected chi connectivity index (χ0v) is 14.0. The average molecular weight is 332 g/mol. The molecule has 4 heteroatoms. The van der Waals surface area contributed by atoms with E-state index in [4.69, 9.17) is 4.74 Å². The molecule has 3 aromatic rings. The first-order valence-corrected chi connectivity index (χ1v) is 8.63. The van der Waals surface area contributed by atoms with E-state index in [-0.39, 0.29) is 12.1 Å². The number of ether oxygens (including phenoxy) is 1. The Balaban J connectivity index is 1.50. The maximum atomic E-state index is 12.5. The molecule has 0 aliphatic carbocycles. The number of likely N-dealkylation sites (tertiary alicyclic amines) is 1. The monoisotopic (exact) mass is 332 g/mol. The second-order valence-corrected chi connectivity index (χ2v) is 6.35. The van der Waals surface area contributed by atoms with Crippen molar-refractivity contribution < 1.29 is 9.53 Å². The summed E-state index contributed by atoms with van der Waals surface area (Å²) in [7, 11) is 0. The molecule has 2 heterocycles. The molecule has 1 fully saturated rings. The van der Waals surface area contributed by atoms with Gasteiger partial charge in [0.05, 0.1) is 11.6 Å². The minimum atomic E-state index is -0.250. The number of carbonyl (C=O) groups excluding carboxylic acids is 1. The molecular weight excluding hydrogens is 312 g/mol. The predicted octanol–water partition coefficient (Wildman–Crippen LogP) is 4.71. The van der Waals surface area contributed by atoms with Crippen LogP contribution in [0.25, 0.3) is 10.9 Å². The van der Waals surface area contributed by atoms with Crippen molar-refractivity contribution in [3.63, 3.8) is 0 Å². The number of carbonyl (C=O) groups is 1. The van der Waals surface area contributed by atoms with E-state index in [1.807, 2.05) is 59.6 Å². The fraction of sp³-hybridized carbons (Fsp3) is 0.238. The van der Waals surface area contributed by atoms with Gasteiger partial charge < -0.3 is 9.64 Å². The molecule has 0 radical (unpaired) electrons. The molecule has 1 aromatic heterocycles. The lowest BCUT2D eigenvalue weighted by atomic mass is 10.0. The van der Waals surface area contributed by atoms with Crippen LogP contribution in [-0.4, -0.2) is 22.5 Å². The molecular formula is C21H20N2O2. The topological polar surface area (TPSA) is 42.4 Å². The maximum absolute atomic E-state index is 12.5. The third-order valence-electron chi connectivity index (χ3n) is 4.69. The molecule has 1 aliphatic rings. The first-order chi connectivity index (χ1) is 12.3. The van der Waals surface area contributed by atoms with E-state index in [0.717, 1.165) is 41.4 Å². The normalized spacial score (nSPS) is 17.0. The van der Waals surface area contributed by atoms with E-state index in [1.54, 1.807) is 0 Å². The Morgan fingerprint density at radius 1 is 1.12 bits per heavy atom. The highest BCUT2D eigenvalue weighted by Gasteiger charge is 2.31. The molecule has 0 saturated carbocycles. The minimum Gasteiger partial charge on any atom is -0.445 e. The standard InChI is InChI=1S/C21H20N2O2/c24-21(25-15-16-7-2-1-3-8-16)23-12-6-11-20(23)18-13-17-9-4-5-10-19(17)22-14-18/h1-5,7-10,13-14,20H,6,11-12,15H2/t20-/m1/s1. The van der Waals surface area contributed by atoms with Crippen LogP contribution >= 0.6 is 0 Å². The summed E-state index contributed by atoms with van der Waals surface area (Å²) in [5, 5.41) is 1.10. The Hall–Kier alpha value is -2.88. The van der Waals surface area contributed by atoms with Crippen molar-refractivity contribution >= 4 is 17.0 Å².